The van der Waals surface area contributed by atoms with Gasteiger partial charge in [0.2, 0.25) is 0 Å². The normalized spacial score (nSPS) is 16.7. The Morgan fingerprint density at radius 2 is 0.982 bits per heavy atom. The number of hydrogen-bond acceptors (Lipinski definition) is 2. The summed E-state index contributed by atoms with van der Waals surface area (Å²) in [5.74, 6) is 0. The van der Waals surface area contributed by atoms with Crippen LogP contribution >= 0.6 is 0 Å². The van der Waals surface area contributed by atoms with Crippen LogP contribution in [-0.4, -0.2) is 4.57 Å². The molecule has 262 valence electrons. The molecule has 0 unspecified atom stereocenters. The number of fused-ring (bicyclic) bond motifs is 5. The summed E-state index contributed by atoms with van der Waals surface area (Å²) in [5, 5.41) is 4.80. The molecule has 0 amide bonds. The molecule has 9 rings (SSSR count). The molecule has 2 heterocycles. The molecule has 0 saturated heterocycles. The van der Waals surface area contributed by atoms with Crippen LogP contribution in [0.5, 0.6) is 0 Å². The van der Waals surface area contributed by atoms with Crippen molar-refractivity contribution in [1.82, 2.24) is 4.57 Å². The fourth-order valence-electron chi connectivity index (χ4n) is 7.64. The molecular weight excluding hydrogens is 667 g/mol. The van der Waals surface area contributed by atoms with Crippen molar-refractivity contribution in [2.24, 2.45) is 0 Å². The average molecular weight is 706 g/mol. The lowest BCUT2D eigenvalue weighted by molar-refractivity contribution is 1.17. The zero-order valence-corrected chi connectivity index (χ0v) is 30.4. The minimum atomic E-state index is 0.773. The summed E-state index contributed by atoms with van der Waals surface area (Å²) in [7, 11) is 0. The van der Waals surface area contributed by atoms with E-state index in [1.807, 2.05) is 36.4 Å². The first-order valence-electron chi connectivity index (χ1n) is 18.5. The first-order chi connectivity index (χ1) is 27.0. The lowest BCUT2D eigenvalue weighted by atomic mass is 9.95. The van der Waals surface area contributed by atoms with E-state index in [0.29, 0.717) is 0 Å². The number of allylic oxidation sites excluding steroid dienone is 8. The molecule has 2 N–H and O–H groups in total. The van der Waals surface area contributed by atoms with E-state index in [-0.39, 0.29) is 0 Å². The molecule has 3 heteroatoms. The van der Waals surface area contributed by atoms with Crippen LogP contribution in [0, 0.1) is 0 Å². The van der Waals surface area contributed by atoms with Gasteiger partial charge in [0, 0.05) is 45.8 Å². The molecule has 0 fully saturated rings. The minimum absolute atomic E-state index is 0.773. The molecule has 3 nitrogen and oxygen atoms in total. The van der Waals surface area contributed by atoms with Crippen LogP contribution in [0.3, 0.4) is 0 Å². The maximum atomic E-state index is 6.51. The fourth-order valence-corrected chi connectivity index (χ4v) is 7.64. The topological polar surface area (TPSA) is 34.2 Å². The second-order valence-corrected chi connectivity index (χ2v) is 13.8. The van der Waals surface area contributed by atoms with Crippen molar-refractivity contribution in [3.63, 3.8) is 0 Å². The highest BCUT2D eigenvalue weighted by atomic mass is 15.1. The van der Waals surface area contributed by atoms with Crippen molar-refractivity contribution in [2.75, 3.05) is 10.6 Å². The molecule has 0 atom stereocenters. The van der Waals surface area contributed by atoms with Crippen molar-refractivity contribution in [1.29, 1.82) is 0 Å². The van der Waals surface area contributed by atoms with E-state index in [0.717, 1.165) is 72.6 Å². The van der Waals surface area contributed by atoms with Crippen molar-refractivity contribution in [2.45, 2.75) is 0 Å². The SMILES string of the molecule is C=C1/C=C\C(c2ccccc2)=C/N(c2cccc(-n3c4ccccc4c4c5cccc(-c6ccccc6N)c5ccc43)c2)/C=C(c2ccccc2)\C=C/C1=C. The second-order valence-electron chi connectivity index (χ2n) is 13.8. The van der Waals surface area contributed by atoms with Crippen molar-refractivity contribution in [3.05, 3.63) is 236 Å². The Bertz CT molecular complexity index is 2820. The molecule has 0 aliphatic carbocycles. The monoisotopic (exact) mass is 705 g/mol. The first-order valence-corrected chi connectivity index (χ1v) is 18.5. The Kier molecular flexibility index (Phi) is 8.66. The van der Waals surface area contributed by atoms with Crippen LogP contribution in [-0.2, 0) is 0 Å². The largest absolute Gasteiger partial charge is 0.398 e. The van der Waals surface area contributed by atoms with E-state index in [9.17, 15) is 0 Å². The summed E-state index contributed by atoms with van der Waals surface area (Å²) in [6.07, 6.45) is 12.8. The van der Waals surface area contributed by atoms with Gasteiger partial charge >= 0.3 is 0 Å². The number of nitrogen functional groups attached to an aromatic ring is 1. The highest BCUT2D eigenvalue weighted by molar-refractivity contribution is 6.23. The molecular formula is C52H39N3. The van der Waals surface area contributed by atoms with E-state index >= 15 is 0 Å². The van der Waals surface area contributed by atoms with E-state index in [4.69, 9.17) is 5.73 Å². The number of para-hydroxylation sites is 2. The number of hydrogen-bond donors (Lipinski definition) is 1. The highest BCUT2D eigenvalue weighted by Gasteiger charge is 2.18. The van der Waals surface area contributed by atoms with E-state index in [1.54, 1.807) is 0 Å². The average Bonchev–Trinajstić information content (AvgIpc) is 3.57. The molecule has 1 aromatic heterocycles. The van der Waals surface area contributed by atoms with Crippen LogP contribution in [0.2, 0.25) is 0 Å². The van der Waals surface area contributed by atoms with Crippen molar-refractivity contribution >= 4 is 55.1 Å². The van der Waals surface area contributed by atoms with E-state index in [1.165, 1.54) is 21.5 Å². The van der Waals surface area contributed by atoms with Gasteiger partial charge < -0.3 is 15.2 Å². The number of benzene rings is 7. The third kappa shape index (κ3) is 6.28. The number of rotatable bonds is 5. The van der Waals surface area contributed by atoms with Gasteiger partial charge in [-0.2, -0.15) is 0 Å². The van der Waals surface area contributed by atoms with E-state index in [2.05, 4.69) is 187 Å². The fraction of sp³-hybridized carbons (Fsp3) is 0. The lowest BCUT2D eigenvalue weighted by Crippen LogP contribution is -2.10. The molecule has 1 aliphatic heterocycles. The van der Waals surface area contributed by atoms with Gasteiger partial charge in [-0.25, -0.2) is 0 Å². The summed E-state index contributed by atoms with van der Waals surface area (Å²) in [5.41, 5.74) is 19.9. The molecule has 0 radical (unpaired) electrons. The smallest absolute Gasteiger partial charge is 0.0547 e. The molecule has 0 saturated carbocycles. The molecule has 0 bridgehead atoms. The summed E-state index contributed by atoms with van der Waals surface area (Å²) < 4.78 is 2.39. The number of aromatic nitrogens is 1. The standard InChI is InChI=1S/C52H39N3/c1-36-27-29-40(38-15-5-3-6-16-38)34-54(35-41(30-28-37(36)2)39-17-7-4-8-18-39)42-19-13-20-43(33-42)55-50-26-12-10-22-48(50)52-47-24-14-23-44(45(47)31-32-51(52)55)46-21-9-11-25-49(46)53/h3-35H,1-2,53H2/b29-27-,30-28-,40-34+,41-35+. The first kappa shape index (κ1) is 33.5. The second kappa shape index (κ2) is 14.2. The lowest BCUT2D eigenvalue weighted by Gasteiger charge is -2.21. The van der Waals surface area contributed by atoms with Crippen LogP contribution in [0.15, 0.2) is 225 Å². The Balaban J connectivity index is 1.27. The van der Waals surface area contributed by atoms with Gasteiger partial charge in [0.25, 0.3) is 0 Å². The summed E-state index contributed by atoms with van der Waals surface area (Å²) in [6.45, 7) is 8.66. The van der Waals surface area contributed by atoms with Gasteiger partial charge in [0.05, 0.1) is 11.0 Å². The predicted octanol–water partition coefficient (Wildman–Crippen LogP) is 13.3. The van der Waals surface area contributed by atoms with Gasteiger partial charge in [-0.1, -0.05) is 165 Å². The predicted molar refractivity (Wildman–Crippen MR) is 236 cm³/mol. The molecule has 55 heavy (non-hydrogen) atoms. The molecule has 0 spiro atoms. The summed E-state index contributed by atoms with van der Waals surface area (Å²) >= 11 is 0. The third-order valence-corrected chi connectivity index (χ3v) is 10.4. The Hall–Kier alpha value is -7.36. The van der Waals surface area contributed by atoms with Crippen LogP contribution in [0.1, 0.15) is 11.1 Å². The zero-order valence-electron chi connectivity index (χ0n) is 30.4. The van der Waals surface area contributed by atoms with Gasteiger partial charge in [0.15, 0.2) is 0 Å². The minimum Gasteiger partial charge on any atom is -0.398 e. The molecule has 7 aromatic carbocycles. The number of nitrogens with zero attached hydrogens (tertiary/aromatic N) is 2. The van der Waals surface area contributed by atoms with Gasteiger partial charge in [0.1, 0.15) is 0 Å². The number of nitrogens with two attached hydrogens (primary N) is 1. The van der Waals surface area contributed by atoms with Crippen LogP contribution in [0.4, 0.5) is 11.4 Å². The zero-order chi connectivity index (χ0) is 37.3. The summed E-state index contributed by atoms with van der Waals surface area (Å²) in [4.78, 5) is 2.24. The van der Waals surface area contributed by atoms with E-state index < -0.39 is 0 Å². The Labute approximate surface area is 321 Å². The van der Waals surface area contributed by atoms with Crippen LogP contribution < -0.4 is 10.6 Å². The van der Waals surface area contributed by atoms with Crippen molar-refractivity contribution in [3.8, 4) is 16.8 Å². The van der Waals surface area contributed by atoms with Crippen LogP contribution in [0.25, 0.3) is 60.5 Å². The third-order valence-electron chi connectivity index (χ3n) is 10.4. The Morgan fingerprint density at radius 3 is 1.67 bits per heavy atom. The maximum Gasteiger partial charge on any atom is 0.0547 e. The quantitative estimate of drug-likeness (QED) is 0.181. The molecule has 1 aliphatic rings. The van der Waals surface area contributed by atoms with Gasteiger partial charge in [-0.3, -0.25) is 0 Å². The molecule has 8 aromatic rings. The summed E-state index contributed by atoms with van der Waals surface area (Å²) in [6, 6.07) is 57.6. The van der Waals surface area contributed by atoms with Gasteiger partial charge in [-0.05, 0) is 86.2 Å². The van der Waals surface area contributed by atoms with Gasteiger partial charge in [-0.15, -0.1) is 0 Å². The Morgan fingerprint density at radius 1 is 0.418 bits per heavy atom. The maximum absolute atomic E-state index is 6.51. The van der Waals surface area contributed by atoms with Crippen molar-refractivity contribution < 1.29 is 0 Å². The number of anilines is 2. The highest BCUT2D eigenvalue weighted by Crippen LogP contribution is 2.41.